The fourth-order valence-corrected chi connectivity index (χ4v) is 2.45. The average molecular weight is 259 g/mol. The van der Waals surface area contributed by atoms with Crippen LogP contribution in [0.2, 0.25) is 0 Å². The lowest BCUT2D eigenvalue weighted by molar-refractivity contribution is 0.0647. The van der Waals surface area contributed by atoms with Crippen molar-refractivity contribution >= 4 is 17.3 Å². The molecule has 1 aliphatic carbocycles. The van der Waals surface area contributed by atoms with Crippen LogP contribution < -0.4 is 10.6 Å². The monoisotopic (exact) mass is 259 g/mol. The van der Waals surface area contributed by atoms with Crippen molar-refractivity contribution < 1.29 is 4.74 Å². The quantitative estimate of drug-likeness (QED) is 0.695. The summed E-state index contributed by atoms with van der Waals surface area (Å²) in [5, 5.41) is 7.26. The van der Waals surface area contributed by atoms with E-state index in [0.717, 1.165) is 11.7 Å². The third kappa shape index (κ3) is 4.08. The number of nitrogens with one attached hydrogen (secondary N) is 2. The van der Waals surface area contributed by atoms with Gasteiger partial charge in [0.25, 0.3) is 0 Å². The van der Waals surface area contributed by atoms with Gasteiger partial charge in [0.2, 0.25) is 0 Å². The maximum atomic E-state index is 5.27. The van der Waals surface area contributed by atoms with E-state index in [1.165, 1.54) is 19.3 Å². The van der Waals surface area contributed by atoms with E-state index in [-0.39, 0.29) is 6.04 Å². The Morgan fingerprint density at radius 1 is 1.47 bits per heavy atom. The molecule has 0 heterocycles. The van der Waals surface area contributed by atoms with Gasteiger partial charge < -0.3 is 20.3 Å². The Balaban J connectivity index is 2.27. The van der Waals surface area contributed by atoms with E-state index >= 15 is 0 Å². The number of ether oxygens (including phenoxy) is 1. The zero-order valence-electron chi connectivity index (χ0n) is 11.4. The summed E-state index contributed by atoms with van der Waals surface area (Å²) in [5.41, 5.74) is 0.302. The van der Waals surface area contributed by atoms with E-state index in [1.807, 2.05) is 0 Å². The SMILES string of the molecule is COCC(C)NC(=S)NCC1(N(C)C)CCC1. The van der Waals surface area contributed by atoms with Crippen LogP contribution in [0.3, 0.4) is 0 Å². The standard InChI is InChI=1S/C12H25N3OS/c1-10(8-16-4)14-11(17)13-9-12(15(2)3)6-5-7-12/h10H,5-9H2,1-4H3,(H2,13,14,17). The van der Waals surface area contributed by atoms with Crippen LogP contribution in [-0.2, 0) is 4.74 Å². The summed E-state index contributed by atoms with van der Waals surface area (Å²) in [4.78, 5) is 2.31. The normalized spacial score (nSPS) is 19.6. The van der Waals surface area contributed by atoms with Crippen LogP contribution in [-0.4, -0.2) is 55.9 Å². The van der Waals surface area contributed by atoms with Gasteiger partial charge in [0.1, 0.15) is 0 Å². The summed E-state index contributed by atoms with van der Waals surface area (Å²) < 4.78 is 5.06. The van der Waals surface area contributed by atoms with Crippen LogP contribution in [0.1, 0.15) is 26.2 Å². The smallest absolute Gasteiger partial charge is 0.166 e. The second-order valence-corrected chi connectivity index (χ2v) is 5.56. The number of methoxy groups -OCH3 is 1. The first-order valence-electron chi connectivity index (χ1n) is 6.21. The highest BCUT2D eigenvalue weighted by atomic mass is 32.1. The Kier molecular flexibility index (Phi) is 5.62. The molecule has 4 nitrogen and oxygen atoms in total. The topological polar surface area (TPSA) is 36.5 Å². The molecule has 0 aliphatic heterocycles. The molecule has 0 bridgehead atoms. The summed E-state index contributed by atoms with van der Waals surface area (Å²) in [6, 6.07) is 0.247. The van der Waals surface area contributed by atoms with E-state index in [2.05, 4.69) is 36.6 Å². The van der Waals surface area contributed by atoms with Gasteiger partial charge in [-0.3, -0.25) is 0 Å². The van der Waals surface area contributed by atoms with Gasteiger partial charge in [-0.25, -0.2) is 0 Å². The van der Waals surface area contributed by atoms with Crippen LogP contribution in [0.5, 0.6) is 0 Å². The van der Waals surface area contributed by atoms with E-state index in [4.69, 9.17) is 17.0 Å². The summed E-state index contributed by atoms with van der Waals surface area (Å²) in [7, 11) is 5.99. The van der Waals surface area contributed by atoms with Crippen molar-refractivity contribution in [2.75, 3.05) is 34.4 Å². The zero-order chi connectivity index (χ0) is 12.9. The Bertz CT molecular complexity index is 254. The number of likely N-dealkylation sites (N-methyl/N-ethyl adjacent to an activating group) is 1. The summed E-state index contributed by atoms with van der Waals surface area (Å²) in [6.07, 6.45) is 3.83. The van der Waals surface area contributed by atoms with Gasteiger partial charge in [0.15, 0.2) is 5.11 Å². The molecule has 0 aromatic rings. The van der Waals surface area contributed by atoms with Gasteiger partial charge in [-0.15, -0.1) is 0 Å². The first kappa shape index (κ1) is 14.7. The largest absolute Gasteiger partial charge is 0.383 e. The molecule has 1 aliphatic rings. The molecule has 2 N–H and O–H groups in total. The lowest BCUT2D eigenvalue weighted by Crippen LogP contribution is -2.58. The fraction of sp³-hybridized carbons (Fsp3) is 0.917. The minimum atomic E-state index is 0.247. The Labute approximate surface area is 110 Å². The summed E-state index contributed by atoms with van der Waals surface area (Å²) in [6.45, 7) is 3.65. The molecular formula is C12H25N3OS. The second-order valence-electron chi connectivity index (χ2n) is 5.16. The van der Waals surface area contributed by atoms with Crippen molar-refractivity contribution in [1.82, 2.24) is 15.5 Å². The number of rotatable bonds is 6. The average Bonchev–Trinajstić information content (AvgIpc) is 2.15. The Morgan fingerprint density at radius 3 is 2.53 bits per heavy atom. The van der Waals surface area contributed by atoms with Crippen molar-refractivity contribution in [2.45, 2.75) is 37.8 Å². The van der Waals surface area contributed by atoms with E-state index in [1.54, 1.807) is 7.11 Å². The molecule has 1 fully saturated rings. The highest BCUT2D eigenvalue weighted by Crippen LogP contribution is 2.35. The second kappa shape index (κ2) is 6.52. The van der Waals surface area contributed by atoms with E-state index in [9.17, 15) is 0 Å². The maximum Gasteiger partial charge on any atom is 0.166 e. The van der Waals surface area contributed by atoms with Crippen LogP contribution in [0.4, 0.5) is 0 Å². The third-order valence-electron chi connectivity index (χ3n) is 3.61. The fourth-order valence-electron chi connectivity index (χ4n) is 2.18. The lowest BCUT2D eigenvalue weighted by Gasteiger charge is -2.47. The number of thiocarbonyl (C=S) groups is 1. The van der Waals surface area contributed by atoms with E-state index in [0.29, 0.717) is 12.1 Å². The van der Waals surface area contributed by atoms with Gasteiger partial charge in [-0.2, -0.15) is 0 Å². The first-order chi connectivity index (χ1) is 8.00. The van der Waals surface area contributed by atoms with Gasteiger partial charge in [-0.05, 0) is 52.5 Å². The molecular weight excluding hydrogens is 234 g/mol. The summed E-state index contributed by atoms with van der Waals surface area (Å²) >= 11 is 5.27. The molecule has 0 amide bonds. The first-order valence-corrected chi connectivity index (χ1v) is 6.62. The number of hydrogen-bond acceptors (Lipinski definition) is 3. The molecule has 17 heavy (non-hydrogen) atoms. The van der Waals surface area contributed by atoms with Crippen LogP contribution in [0, 0.1) is 0 Å². The van der Waals surface area contributed by atoms with Crippen molar-refractivity contribution in [3.8, 4) is 0 Å². The van der Waals surface area contributed by atoms with Crippen molar-refractivity contribution in [2.24, 2.45) is 0 Å². The van der Waals surface area contributed by atoms with Crippen LogP contribution >= 0.6 is 12.2 Å². The molecule has 1 unspecified atom stereocenters. The van der Waals surface area contributed by atoms with Gasteiger partial charge in [0, 0.05) is 25.2 Å². The lowest BCUT2D eigenvalue weighted by atomic mass is 9.75. The molecule has 100 valence electrons. The van der Waals surface area contributed by atoms with E-state index < -0.39 is 0 Å². The molecule has 1 saturated carbocycles. The van der Waals surface area contributed by atoms with Gasteiger partial charge in [0.05, 0.1) is 6.61 Å². The van der Waals surface area contributed by atoms with Crippen molar-refractivity contribution in [3.05, 3.63) is 0 Å². The maximum absolute atomic E-state index is 5.27. The molecule has 5 heteroatoms. The minimum absolute atomic E-state index is 0.247. The zero-order valence-corrected chi connectivity index (χ0v) is 12.2. The predicted octanol–water partition coefficient (Wildman–Crippen LogP) is 0.970. The van der Waals surface area contributed by atoms with Gasteiger partial charge in [-0.1, -0.05) is 0 Å². The molecule has 1 rings (SSSR count). The van der Waals surface area contributed by atoms with Crippen LogP contribution in [0.25, 0.3) is 0 Å². The third-order valence-corrected chi connectivity index (χ3v) is 3.87. The molecule has 0 spiro atoms. The molecule has 0 saturated heterocycles. The predicted molar refractivity (Wildman–Crippen MR) is 75.3 cm³/mol. The van der Waals surface area contributed by atoms with Crippen molar-refractivity contribution in [1.29, 1.82) is 0 Å². The van der Waals surface area contributed by atoms with Crippen molar-refractivity contribution in [3.63, 3.8) is 0 Å². The molecule has 0 aromatic carbocycles. The highest BCUT2D eigenvalue weighted by Gasteiger charge is 2.38. The Hall–Kier alpha value is -0.390. The van der Waals surface area contributed by atoms with Crippen LogP contribution in [0.15, 0.2) is 0 Å². The molecule has 0 aromatic heterocycles. The molecule has 0 radical (unpaired) electrons. The summed E-state index contributed by atoms with van der Waals surface area (Å²) in [5.74, 6) is 0. The highest BCUT2D eigenvalue weighted by molar-refractivity contribution is 7.80. The molecule has 1 atom stereocenters. The number of nitrogens with zero attached hydrogens (tertiary/aromatic N) is 1. The minimum Gasteiger partial charge on any atom is -0.383 e. The van der Waals surface area contributed by atoms with Gasteiger partial charge >= 0.3 is 0 Å². The Morgan fingerprint density at radius 2 is 2.12 bits per heavy atom. The number of hydrogen-bond donors (Lipinski definition) is 2.